The van der Waals surface area contributed by atoms with Crippen LogP contribution in [-0.2, 0) is 13.0 Å². The van der Waals surface area contributed by atoms with Crippen LogP contribution in [0.4, 0.5) is 0 Å². The number of nitrogens with zero attached hydrogens (tertiary/aromatic N) is 1. The average molecular weight is 410 g/mol. The van der Waals surface area contributed by atoms with Gasteiger partial charge in [-0.05, 0) is 60.2 Å². The number of benzene rings is 3. The molecule has 5 heteroatoms. The summed E-state index contributed by atoms with van der Waals surface area (Å²) in [5, 5.41) is 3.16. The summed E-state index contributed by atoms with van der Waals surface area (Å²) in [5.74, 6) is -0.741. The lowest BCUT2D eigenvalue weighted by molar-refractivity contribution is 0.0642. The van der Waals surface area contributed by atoms with Gasteiger partial charge in [-0.15, -0.1) is 0 Å². The van der Waals surface area contributed by atoms with Crippen molar-refractivity contribution in [3.05, 3.63) is 106 Å². The summed E-state index contributed by atoms with van der Waals surface area (Å²) in [7, 11) is 0. The van der Waals surface area contributed by atoms with E-state index in [9.17, 15) is 14.4 Å². The quantitative estimate of drug-likeness (QED) is 0.653. The molecule has 1 aliphatic heterocycles. The van der Waals surface area contributed by atoms with Gasteiger partial charge in [0, 0.05) is 5.56 Å². The Morgan fingerprint density at radius 3 is 2.39 bits per heavy atom. The summed E-state index contributed by atoms with van der Waals surface area (Å²) >= 11 is 0. The third kappa shape index (κ3) is 3.52. The minimum absolute atomic E-state index is 0.00246. The Morgan fingerprint density at radius 1 is 0.903 bits per heavy atom. The molecular formula is C26H22N2O3. The van der Waals surface area contributed by atoms with E-state index in [0.29, 0.717) is 16.7 Å². The second-order valence-corrected chi connectivity index (χ2v) is 8.06. The second-order valence-electron chi connectivity index (χ2n) is 8.06. The lowest BCUT2D eigenvalue weighted by Gasteiger charge is -2.26. The van der Waals surface area contributed by atoms with Crippen LogP contribution in [0.2, 0.25) is 0 Å². The molecule has 0 aromatic heterocycles. The third-order valence-corrected chi connectivity index (χ3v) is 6.08. The van der Waals surface area contributed by atoms with Crippen molar-refractivity contribution in [3.8, 4) is 0 Å². The molecule has 2 aliphatic rings. The molecule has 5 nitrogen and oxygen atoms in total. The molecule has 3 aromatic rings. The molecule has 1 aliphatic carbocycles. The molecule has 0 saturated carbocycles. The smallest absolute Gasteiger partial charge is 0.261 e. The molecule has 3 amide bonds. The molecule has 1 heterocycles. The number of carbonyl (C=O) groups is 3. The highest BCUT2D eigenvalue weighted by atomic mass is 16.2. The Morgan fingerprint density at radius 2 is 1.61 bits per heavy atom. The fourth-order valence-electron chi connectivity index (χ4n) is 4.52. The maximum absolute atomic E-state index is 13.0. The first-order valence-electron chi connectivity index (χ1n) is 10.5. The monoisotopic (exact) mass is 410 g/mol. The number of hydrogen-bond acceptors (Lipinski definition) is 3. The van der Waals surface area contributed by atoms with E-state index < -0.39 is 0 Å². The number of aryl methyl sites for hydroxylation is 1. The zero-order valence-electron chi connectivity index (χ0n) is 17.0. The van der Waals surface area contributed by atoms with Gasteiger partial charge in [0.05, 0.1) is 23.7 Å². The number of carbonyl (C=O) groups excluding carboxylic acids is 3. The number of hydrogen-bond donors (Lipinski definition) is 1. The van der Waals surface area contributed by atoms with Gasteiger partial charge in [-0.25, -0.2) is 0 Å². The summed E-state index contributed by atoms with van der Waals surface area (Å²) in [4.78, 5) is 39.5. The van der Waals surface area contributed by atoms with Crippen molar-refractivity contribution in [2.45, 2.75) is 31.8 Å². The first-order chi connectivity index (χ1) is 15.1. The molecule has 0 radical (unpaired) electrons. The van der Waals surface area contributed by atoms with Gasteiger partial charge in [0.25, 0.3) is 17.7 Å². The average Bonchev–Trinajstić information content (AvgIpc) is 3.04. The molecule has 3 aromatic carbocycles. The van der Waals surface area contributed by atoms with E-state index in [0.717, 1.165) is 24.8 Å². The van der Waals surface area contributed by atoms with Crippen LogP contribution >= 0.6 is 0 Å². The van der Waals surface area contributed by atoms with Gasteiger partial charge >= 0.3 is 0 Å². The molecular weight excluding hydrogens is 388 g/mol. The largest absolute Gasteiger partial charge is 0.345 e. The summed E-state index contributed by atoms with van der Waals surface area (Å²) in [5.41, 5.74) is 4.60. The van der Waals surface area contributed by atoms with E-state index in [4.69, 9.17) is 0 Å². The first kappa shape index (κ1) is 19.2. The van der Waals surface area contributed by atoms with Gasteiger partial charge in [0.2, 0.25) is 0 Å². The van der Waals surface area contributed by atoms with Gasteiger partial charge in [0.15, 0.2) is 0 Å². The summed E-state index contributed by atoms with van der Waals surface area (Å²) in [6.45, 7) is 0.139. The Bertz CT molecular complexity index is 1170. The van der Waals surface area contributed by atoms with Gasteiger partial charge < -0.3 is 5.32 Å². The molecule has 0 fully saturated rings. The molecule has 31 heavy (non-hydrogen) atoms. The van der Waals surface area contributed by atoms with Gasteiger partial charge in [-0.3, -0.25) is 19.3 Å². The summed E-state index contributed by atoms with van der Waals surface area (Å²) in [6.07, 6.45) is 3.00. The zero-order chi connectivity index (χ0) is 21.4. The summed E-state index contributed by atoms with van der Waals surface area (Å²) in [6, 6.07) is 22.2. The van der Waals surface area contributed by atoms with Crippen molar-refractivity contribution in [3.63, 3.8) is 0 Å². The number of rotatable bonds is 4. The predicted molar refractivity (Wildman–Crippen MR) is 117 cm³/mol. The van der Waals surface area contributed by atoms with E-state index in [1.165, 1.54) is 16.0 Å². The highest BCUT2D eigenvalue weighted by Crippen LogP contribution is 2.30. The van der Waals surface area contributed by atoms with E-state index in [1.807, 2.05) is 18.2 Å². The highest BCUT2D eigenvalue weighted by Gasteiger charge is 2.35. The van der Waals surface area contributed by atoms with Crippen molar-refractivity contribution in [1.29, 1.82) is 0 Å². The number of amides is 3. The van der Waals surface area contributed by atoms with E-state index in [-0.39, 0.29) is 30.3 Å². The van der Waals surface area contributed by atoms with Crippen LogP contribution in [0.25, 0.3) is 0 Å². The minimum atomic E-state index is -0.297. The van der Waals surface area contributed by atoms with Crippen LogP contribution in [-0.4, -0.2) is 22.6 Å². The Labute approximate surface area is 180 Å². The van der Waals surface area contributed by atoms with Crippen LogP contribution < -0.4 is 5.32 Å². The maximum atomic E-state index is 13.0. The molecule has 1 N–H and O–H groups in total. The van der Waals surface area contributed by atoms with Gasteiger partial charge in [-0.2, -0.15) is 0 Å². The molecule has 0 spiro atoms. The normalized spacial score (nSPS) is 17.3. The third-order valence-electron chi connectivity index (χ3n) is 6.08. The number of nitrogens with one attached hydrogen (secondary N) is 1. The van der Waals surface area contributed by atoms with Crippen LogP contribution in [0, 0.1) is 0 Å². The second kappa shape index (κ2) is 7.84. The molecule has 1 atom stereocenters. The van der Waals surface area contributed by atoms with E-state index in [1.54, 1.807) is 42.5 Å². The van der Waals surface area contributed by atoms with Crippen LogP contribution in [0.5, 0.6) is 0 Å². The number of fused-ring (bicyclic) bond motifs is 2. The summed E-state index contributed by atoms with van der Waals surface area (Å²) < 4.78 is 0. The standard InChI is InChI=1S/C26H22N2O3/c29-24(27-23-14-6-9-18-8-1-2-11-20(18)23)19-10-5-7-17(15-19)16-28-25(30)21-12-3-4-13-22(21)26(28)31/h1-5,7-8,10-13,15,23H,6,9,14,16H2,(H,27,29)/t23-/m0/s1. The van der Waals surface area contributed by atoms with Crippen molar-refractivity contribution < 1.29 is 14.4 Å². The Hall–Kier alpha value is -3.73. The Kier molecular flexibility index (Phi) is 4.86. The Balaban J connectivity index is 1.33. The molecule has 0 bridgehead atoms. The topological polar surface area (TPSA) is 66.5 Å². The SMILES string of the molecule is O=C(N[C@H]1CCCc2ccccc21)c1cccc(CN2C(=O)c3ccccc3C2=O)c1. The lowest BCUT2D eigenvalue weighted by Crippen LogP contribution is -2.31. The fourth-order valence-corrected chi connectivity index (χ4v) is 4.52. The predicted octanol–water partition coefficient (Wildman–Crippen LogP) is 4.29. The van der Waals surface area contributed by atoms with Crippen LogP contribution in [0.3, 0.4) is 0 Å². The molecule has 0 unspecified atom stereocenters. The van der Waals surface area contributed by atoms with E-state index >= 15 is 0 Å². The van der Waals surface area contributed by atoms with Crippen molar-refractivity contribution in [2.75, 3.05) is 0 Å². The molecule has 0 saturated heterocycles. The first-order valence-corrected chi connectivity index (χ1v) is 10.5. The molecule has 5 rings (SSSR count). The van der Waals surface area contributed by atoms with Crippen molar-refractivity contribution in [2.24, 2.45) is 0 Å². The lowest BCUT2D eigenvalue weighted by atomic mass is 9.87. The van der Waals surface area contributed by atoms with Gasteiger partial charge in [-0.1, -0.05) is 48.5 Å². The minimum Gasteiger partial charge on any atom is -0.345 e. The number of imide groups is 1. The van der Waals surface area contributed by atoms with Gasteiger partial charge in [0.1, 0.15) is 0 Å². The van der Waals surface area contributed by atoms with Crippen LogP contribution in [0.15, 0.2) is 72.8 Å². The molecule has 154 valence electrons. The highest BCUT2D eigenvalue weighted by molar-refractivity contribution is 6.21. The zero-order valence-corrected chi connectivity index (χ0v) is 17.0. The van der Waals surface area contributed by atoms with Crippen molar-refractivity contribution >= 4 is 17.7 Å². The maximum Gasteiger partial charge on any atom is 0.261 e. The van der Waals surface area contributed by atoms with E-state index in [2.05, 4.69) is 17.4 Å². The fraction of sp³-hybridized carbons (Fsp3) is 0.192. The van der Waals surface area contributed by atoms with Crippen LogP contribution in [0.1, 0.15) is 66.6 Å². The van der Waals surface area contributed by atoms with Crippen molar-refractivity contribution in [1.82, 2.24) is 10.2 Å².